The molecular formula is C12H18N2OS. The Balaban J connectivity index is 1.49. The van der Waals surface area contributed by atoms with E-state index in [9.17, 15) is 0 Å². The van der Waals surface area contributed by atoms with Crippen molar-refractivity contribution in [2.24, 2.45) is 0 Å². The number of hydrogen-bond donors (Lipinski definition) is 1. The van der Waals surface area contributed by atoms with Crippen molar-refractivity contribution in [2.75, 3.05) is 13.2 Å². The molecule has 1 aromatic rings. The van der Waals surface area contributed by atoms with E-state index in [-0.39, 0.29) is 0 Å². The lowest BCUT2D eigenvalue weighted by Gasteiger charge is -2.22. The highest BCUT2D eigenvalue weighted by atomic mass is 32.1. The zero-order valence-corrected chi connectivity index (χ0v) is 10.3. The molecule has 0 spiro atoms. The van der Waals surface area contributed by atoms with E-state index in [1.807, 2.05) is 17.5 Å². The number of hydrogen-bond acceptors (Lipinski definition) is 4. The second-order valence-electron chi connectivity index (χ2n) is 4.73. The Kier molecular flexibility index (Phi) is 3.22. The molecule has 3 nitrogen and oxygen atoms in total. The van der Waals surface area contributed by atoms with Crippen LogP contribution in [0.3, 0.4) is 0 Å². The van der Waals surface area contributed by atoms with Crippen LogP contribution in [0.4, 0.5) is 0 Å². The third-order valence-electron chi connectivity index (χ3n) is 3.22. The fourth-order valence-electron chi connectivity index (χ4n) is 2.07. The number of rotatable bonds is 4. The Bertz CT molecular complexity index is 343. The fourth-order valence-corrected chi connectivity index (χ4v) is 3.11. The zero-order chi connectivity index (χ0) is 10.8. The van der Waals surface area contributed by atoms with Crippen LogP contribution in [0.1, 0.15) is 41.5 Å². The van der Waals surface area contributed by atoms with E-state index in [0.717, 1.165) is 25.7 Å². The van der Waals surface area contributed by atoms with Crippen molar-refractivity contribution in [2.45, 2.75) is 44.2 Å². The van der Waals surface area contributed by atoms with Crippen LogP contribution in [0.5, 0.6) is 0 Å². The molecule has 0 radical (unpaired) electrons. The van der Waals surface area contributed by atoms with Crippen molar-refractivity contribution < 1.29 is 4.74 Å². The van der Waals surface area contributed by atoms with Crippen molar-refractivity contribution in [1.82, 2.24) is 10.3 Å². The zero-order valence-electron chi connectivity index (χ0n) is 9.45. The summed E-state index contributed by atoms with van der Waals surface area (Å²) in [6.45, 7) is 2.76. The lowest BCUT2D eigenvalue weighted by Crippen LogP contribution is -2.36. The van der Waals surface area contributed by atoms with Gasteiger partial charge in [-0.3, -0.25) is 0 Å². The smallest absolute Gasteiger partial charge is 0.0959 e. The van der Waals surface area contributed by atoms with Crippen molar-refractivity contribution in [3.05, 3.63) is 16.1 Å². The highest BCUT2D eigenvalue weighted by Crippen LogP contribution is 2.41. The first-order valence-corrected chi connectivity index (χ1v) is 6.99. The molecule has 2 aliphatic rings. The molecule has 0 amide bonds. The number of ether oxygens (including phenoxy) is 1. The molecule has 1 unspecified atom stereocenters. The van der Waals surface area contributed by atoms with Gasteiger partial charge in [-0.2, -0.15) is 0 Å². The molecule has 16 heavy (non-hydrogen) atoms. The Hall–Kier alpha value is -0.450. The van der Waals surface area contributed by atoms with Crippen LogP contribution in [0.25, 0.3) is 0 Å². The van der Waals surface area contributed by atoms with Crippen LogP contribution in [-0.2, 0) is 11.3 Å². The van der Waals surface area contributed by atoms with Gasteiger partial charge in [0.1, 0.15) is 0 Å². The molecule has 1 N–H and O–H groups in total. The van der Waals surface area contributed by atoms with Crippen LogP contribution >= 0.6 is 11.3 Å². The Labute approximate surface area is 100 Å². The Morgan fingerprint density at radius 1 is 1.44 bits per heavy atom. The maximum Gasteiger partial charge on any atom is 0.0959 e. The third kappa shape index (κ3) is 2.62. The summed E-state index contributed by atoms with van der Waals surface area (Å²) in [5.74, 6) is 0.789. The fraction of sp³-hybridized carbons (Fsp3) is 0.750. The highest BCUT2D eigenvalue weighted by Gasteiger charge is 2.26. The van der Waals surface area contributed by atoms with Crippen molar-refractivity contribution in [3.8, 4) is 0 Å². The van der Waals surface area contributed by atoms with Crippen LogP contribution in [-0.4, -0.2) is 24.2 Å². The minimum atomic E-state index is 0.542. The van der Waals surface area contributed by atoms with E-state index in [2.05, 4.69) is 10.3 Å². The molecule has 2 heterocycles. The van der Waals surface area contributed by atoms with Gasteiger partial charge < -0.3 is 10.1 Å². The van der Waals surface area contributed by atoms with Gasteiger partial charge in [0.15, 0.2) is 0 Å². The molecule has 1 atom stereocenters. The second-order valence-corrected chi connectivity index (χ2v) is 5.88. The van der Waals surface area contributed by atoms with Gasteiger partial charge in [0, 0.05) is 36.2 Å². The molecule has 4 heteroatoms. The monoisotopic (exact) mass is 238 g/mol. The lowest BCUT2D eigenvalue weighted by atomic mass is 10.1. The van der Waals surface area contributed by atoms with Gasteiger partial charge in [-0.05, 0) is 25.7 Å². The average molecular weight is 238 g/mol. The number of nitrogens with one attached hydrogen (secondary N) is 1. The summed E-state index contributed by atoms with van der Waals surface area (Å²) in [6, 6.07) is 0.542. The standard InChI is InChI=1S/C12H18N2OS/c1-2-10(8-15-5-1)13-6-11-7-14-12(16-11)9-3-4-9/h7,9-10,13H,1-6,8H2. The molecular weight excluding hydrogens is 220 g/mol. The molecule has 1 aliphatic heterocycles. The van der Waals surface area contributed by atoms with Crippen LogP contribution in [0.2, 0.25) is 0 Å². The van der Waals surface area contributed by atoms with Gasteiger partial charge in [0.05, 0.1) is 11.6 Å². The summed E-state index contributed by atoms with van der Waals surface area (Å²) in [5.41, 5.74) is 0. The molecule has 1 saturated carbocycles. The summed E-state index contributed by atoms with van der Waals surface area (Å²) in [4.78, 5) is 5.86. The van der Waals surface area contributed by atoms with Gasteiger partial charge in [-0.25, -0.2) is 4.98 Å². The van der Waals surface area contributed by atoms with E-state index in [0.29, 0.717) is 6.04 Å². The van der Waals surface area contributed by atoms with Crippen molar-refractivity contribution in [3.63, 3.8) is 0 Å². The predicted octanol–water partition coefficient (Wildman–Crippen LogP) is 2.29. The summed E-state index contributed by atoms with van der Waals surface area (Å²) >= 11 is 1.88. The van der Waals surface area contributed by atoms with Gasteiger partial charge in [0.25, 0.3) is 0 Å². The molecule has 0 aromatic carbocycles. The quantitative estimate of drug-likeness (QED) is 0.874. The Morgan fingerprint density at radius 2 is 2.38 bits per heavy atom. The van der Waals surface area contributed by atoms with E-state index >= 15 is 0 Å². The van der Waals surface area contributed by atoms with Crippen LogP contribution in [0.15, 0.2) is 6.20 Å². The van der Waals surface area contributed by atoms with Gasteiger partial charge in [-0.15, -0.1) is 11.3 Å². The van der Waals surface area contributed by atoms with Gasteiger partial charge in [0.2, 0.25) is 0 Å². The molecule has 1 saturated heterocycles. The molecule has 1 aliphatic carbocycles. The topological polar surface area (TPSA) is 34.2 Å². The molecule has 88 valence electrons. The summed E-state index contributed by atoms with van der Waals surface area (Å²) in [5, 5.41) is 4.90. The summed E-state index contributed by atoms with van der Waals surface area (Å²) in [6.07, 6.45) is 7.16. The third-order valence-corrected chi connectivity index (χ3v) is 4.38. The van der Waals surface area contributed by atoms with E-state index < -0.39 is 0 Å². The summed E-state index contributed by atoms with van der Waals surface area (Å²) < 4.78 is 5.45. The second kappa shape index (κ2) is 4.82. The number of aromatic nitrogens is 1. The summed E-state index contributed by atoms with van der Waals surface area (Å²) in [7, 11) is 0. The Morgan fingerprint density at radius 3 is 3.12 bits per heavy atom. The average Bonchev–Trinajstić information content (AvgIpc) is 3.08. The molecule has 2 fully saturated rings. The van der Waals surface area contributed by atoms with Crippen molar-refractivity contribution >= 4 is 11.3 Å². The maximum absolute atomic E-state index is 5.45. The molecule has 3 rings (SSSR count). The maximum atomic E-state index is 5.45. The van der Waals surface area contributed by atoms with E-state index in [1.165, 1.54) is 35.6 Å². The van der Waals surface area contributed by atoms with Crippen LogP contribution < -0.4 is 5.32 Å². The van der Waals surface area contributed by atoms with Crippen molar-refractivity contribution in [1.29, 1.82) is 0 Å². The minimum absolute atomic E-state index is 0.542. The first-order chi connectivity index (χ1) is 7.92. The van der Waals surface area contributed by atoms with Gasteiger partial charge >= 0.3 is 0 Å². The number of thiazole rings is 1. The number of nitrogens with zero attached hydrogens (tertiary/aromatic N) is 1. The first-order valence-electron chi connectivity index (χ1n) is 6.17. The van der Waals surface area contributed by atoms with Gasteiger partial charge in [-0.1, -0.05) is 0 Å². The normalized spacial score (nSPS) is 25.9. The highest BCUT2D eigenvalue weighted by molar-refractivity contribution is 7.11. The minimum Gasteiger partial charge on any atom is -0.380 e. The SMILES string of the molecule is c1nc(C2CC2)sc1CNC1CCCOC1. The largest absolute Gasteiger partial charge is 0.380 e. The molecule has 0 bridgehead atoms. The van der Waals surface area contributed by atoms with E-state index in [1.54, 1.807) is 0 Å². The lowest BCUT2D eigenvalue weighted by molar-refractivity contribution is 0.0700. The van der Waals surface area contributed by atoms with E-state index in [4.69, 9.17) is 4.74 Å². The molecule has 1 aromatic heterocycles. The first kappa shape index (κ1) is 10.7. The van der Waals surface area contributed by atoms with Crippen LogP contribution in [0, 0.1) is 0 Å². The predicted molar refractivity (Wildman–Crippen MR) is 64.8 cm³/mol.